The number of benzene rings is 5. The van der Waals surface area contributed by atoms with E-state index in [9.17, 15) is 0 Å². The van der Waals surface area contributed by atoms with E-state index in [1.54, 1.807) is 0 Å². The van der Waals surface area contributed by atoms with E-state index in [2.05, 4.69) is 97.1 Å². The highest BCUT2D eigenvalue weighted by molar-refractivity contribution is 7.20. The molecule has 160 valence electrons. The molecule has 0 spiro atoms. The largest absolute Gasteiger partial charge is 0.457 e. The molecular weight excluding hydrogens is 440 g/mol. The van der Waals surface area contributed by atoms with Gasteiger partial charge >= 0.3 is 0 Å². The van der Waals surface area contributed by atoms with Crippen molar-refractivity contribution in [2.75, 3.05) is 0 Å². The Balaban J connectivity index is 1.87. The Morgan fingerprint density at radius 2 is 0.909 bits per heavy atom. The van der Waals surface area contributed by atoms with Gasteiger partial charge in [-0.05, 0) is 51.1 Å². The topological polar surface area (TPSA) is 9.23 Å². The Bertz CT molecular complexity index is 1230. The first kappa shape index (κ1) is 21.3. The predicted molar refractivity (Wildman–Crippen MR) is 142 cm³/mol. The molecule has 0 bridgehead atoms. The summed E-state index contributed by atoms with van der Waals surface area (Å²) in [7, 11) is -2.74. The Morgan fingerprint density at radius 1 is 0.485 bits per heavy atom. The van der Waals surface area contributed by atoms with Crippen molar-refractivity contribution in [3.05, 3.63) is 145 Å². The zero-order valence-corrected chi connectivity index (χ0v) is 19.8. The first-order valence-corrected chi connectivity index (χ1v) is 13.4. The van der Waals surface area contributed by atoms with Crippen molar-refractivity contribution >= 4 is 40.4 Å². The van der Waals surface area contributed by atoms with Crippen LogP contribution in [0.5, 0.6) is 11.5 Å². The minimum Gasteiger partial charge on any atom is -0.457 e. The molecule has 0 atom stereocenters. The van der Waals surface area contributed by atoms with Crippen LogP contribution < -0.4 is 25.5 Å². The van der Waals surface area contributed by atoms with Crippen molar-refractivity contribution in [1.82, 2.24) is 0 Å². The molecule has 5 rings (SSSR count). The van der Waals surface area contributed by atoms with E-state index >= 15 is 0 Å². The quantitative estimate of drug-likeness (QED) is 0.239. The summed E-state index contributed by atoms with van der Waals surface area (Å²) in [4.78, 5) is 0. The van der Waals surface area contributed by atoms with E-state index in [-0.39, 0.29) is 0 Å². The fraction of sp³-hybridized carbons (Fsp3) is 0. The van der Waals surface area contributed by atoms with Gasteiger partial charge in [0.25, 0.3) is 0 Å². The SMILES string of the molecule is Clc1ccc(Oc2ccccc2)c([Si](c2ccccc2)(c2ccccc2)c2ccccc2)c1. The van der Waals surface area contributed by atoms with Crippen molar-refractivity contribution in [3.8, 4) is 11.5 Å². The van der Waals surface area contributed by atoms with Gasteiger partial charge in [0.1, 0.15) is 11.5 Å². The molecule has 0 saturated carbocycles. The van der Waals surface area contributed by atoms with Crippen LogP contribution >= 0.6 is 11.6 Å². The summed E-state index contributed by atoms with van der Waals surface area (Å²) in [5.41, 5.74) is 0. The van der Waals surface area contributed by atoms with Crippen molar-refractivity contribution in [2.24, 2.45) is 0 Å². The maximum Gasteiger partial charge on any atom is 0.184 e. The van der Waals surface area contributed by atoms with Gasteiger partial charge in [0.05, 0.1) is 0 Å². The van der Waals surface area contributed by atoms with Gasteiger partial charge < -0.3 is 4.74 Å². The van der Waals surface area contributed by atoms with Crippen molar-refractivity contribution in [3.63, 3.8) is 0 Å². The highest BCUT2D eigenvalue weighted by Gasteiger charge is 2.43. The van der Waals surface area contributed by atoms with Crippen LogP contribution in [0.1, 0.15) is 0 Å². The molecule has 5 aromatic rings. The molecule has 3 heteroatoms. The van der Waals surface area contributed by atoms with E-state index in [1.165, 1.54) is 15.6 Å². The van der Waals surface area contributed by atoms with Gasteiger partial charge in [-0.1, -0.05) is 121 Å². The van der Waals surface area contributed by atoms with E-state index < -0.39 is 8.07 Å². The molecule has 5 aromatic carbocycles. The van der Waals surface area contributed by atoms with Gasteiger partial charge in [0.15, 0.2) is 8.07 Å². The first-order valence-electron chi connectivity index (χ1n) is 11.0. The molecule has 0 unspecified atom stereocenters. The normalized spacial score (nSPS) is 11.2. The van der Waals surface area contributed by atoms with E-state index in [0.717, 1.165) is 16.7 Å². The minimum absolute atomic E-state index is 0.699. The number of rotatable bonds is 6. The van der Waals surface area contributed by atoms with Crippen LogP contribution in [0.15, 0.2) is 140 Å². The van der Waals surface area contributed by atoms with Crippen LogP contribution in [0.4, 0.5) is 0 Å². The van der Waals surface area contributed by atoms with Gasteiger partial charge in [-0.25, -0.2) is 0 Å². The number of hydrogen-bond donors (Lipinski definition) is 0. The van der Waals surface area contributed by atoms with Gasteiger partial charge in [-0.15, -0.1) is 0 Å². The summed E-state index contributed by atoms with van der Waals surface area (Å²) in [6.07, 6.45) is 0. The van der Waals surface area contributed by atoms with Gasteiger partial charge in [-0.3, -0.25) is 0 Å². The molecule has 0 aromatic heterocycles. The highest BCUT2D eigenvalue weighted by atomic mass is 35.5. The van der Waals surface area contributed by atoms with Crippen LogP contribution in [0.2, 0.25) is 5.02 Å². The molecule has 0 amide bonds. The maximum absolute atomic E-state index is 6.65. The molecule has 33 heavy (non-hydrogen) atoms. The summed E-state index contributed by atoms with van der Waals surface area (Å²) in [5, 5.41) is 5.67. The lowest BCUT2D eigenvalue weighted by atomic mass is 10.3. The Kier molecular flexibility index (Phi) is 6.12. The van der Waals surface area contributed by atoms with Crippen LogP contribution in [0.25, 0.3) is 0 Å². The average molecular weight is 463 g/mol. The summed E-state index contributed by atoms with van der Waals surface area (Å²) >= 11 is 6.65. The van der Waals surface area contributed by atoms with E-state index in [0.29, 0.717) is 5.02 Å². The molecule has 0 radical (unpaired) electrons. The van der Waals surface area contributed by atoms with Gasteiger partial charge in [0.2, 0.25) is 0 Å². The standard InChI is InChI=1S/C30H23ClOSi/c31-24-21-22-29(32-25-13-5-1-6-14-25)30(23-24)33(26-15-7-2-8-16-26,27-17-9-3-10-18-27)28-19-11-4-12-20-28/h1-23H. The van der Waals surface area contributed by atoms with Crippen LogP contribution in [-0.4, -0.2) is 8.07 Å². The average Bonchev–Trinajstić information content (AvgIpc) is 2.89. The lowest BCUT2D eigenvalue weighted by Gasteiger charge is -2.35. The summed E-state index contributed by atoms with van der Waals surface area (Å²) in [6, 6.07) is 48.2. The molecule has 0 aliphatic rings. The molecule has 0 aliphatic heterocycles. The predicted octanol–water partition coefficient (Wildman–Crippen LogP) is 5.51. The lowest BCUT2D eigenvalue weighted by molar-refractivity contribution is 0.486. The third-order valence-electron chi connectivity index (χ3n) is 5.94. The molecule has 0 saturated heterocycles. The van der Waals surface area contributed by atoms with Gasteiger partial charge in [-0.2, -0.15) is 0 Å². The molecule has 0 heterocycles. The minimum atomic E-state index is -2.74. The summed E-state index contributed by atoms with van der Waals surface area (Å²) in [5.74, 6) is 1.63. The number of hydrogen-bond acceptors (Lipinski definition) is 1. The first-order chi connectivity index (χ1) is 16.3. The second kappa shape index (κ2) is 9.49. The van der Waals surface area contributed by atoms with Crippen molar-refractivity contribution in [2.45, 2.75) is 0 Å². The number of halogens is 1. The number of ether oxygens (including phenoxy) is 1. The van der Waals surface area contributed by atoms with Crippen molar-refractivity contribution in [1.29, 1.82) is 0 Å². The molecule has 0 N–H and O–H groups in total. The third kappa shape index (κ3) is 4.11. The monoisotopic (exact) mass is 462 g/mol. The zero-order chi connectivity index (χ0) is 22.5. The molecule has 0 fully saturated rings. The van der Waals surface area contributed by atoms with Crippen LogP contribution in [0, 0.1) is 0 Å². The molecule has 1 nitrogen and oxygen atoms in total. The van der Waals surface area contributed by atoms with E-state index in [4.69, 9.17) is 16.3 Å². The van der Waals surface area contributed by atoms with E-state index in [1.807, 2.05) is 42.5 Å². The maximum atomic E-state index is 6.65. The smallest absolute Gasteiger partial charge is 0.184 e. The second-order valence-electron chi connectivity index (χ2n) is 7.90. The Morgan fingerprint density at radius 3 is 1.36 bits per heavy atom. The second-order valence-corrected chi connectivity index (χ2v) is 12.1. The zero-order valence-electron chi connectivity index (χ0n) is 18.1. The summed E-state index contributed by atoms with van der Waals surface area (Å²) < 4.78 is 6.51. The van der Waals surface area contributed by atoms with Gasteiger partial charge in [0, 0.05) is 5.02 Å². The number of para-hydroxylation sites is 1. The summed E-state index contributed by atoms with van der Waals surface area (Å²) in [6.45, 7) is 0. The van der Waals surface area contributed by atoms with Crippen LogP contribution in [-0.2, 0) is 0 Å². The Hall–Kier alpha value is -3.59. The molecule has 0 aliphatic carbocycles. The third-order valence-corrected chi connectivity index (χ3v) is 11.0. The fourth-order valence-corrected chi connectivity index (χ4v) is 9.68. The van der Waals surface area contributed by atoms with Crippen molar-refractivity contribution < 1.29 is 4.74 Å². The molecular formula is C30H23ClOSi. The lowest BCUT2D eigenvalue weighted by Crippen LogP contribution is -2.74. The fourth-order valence-electron chi connectivity index (χ4n) is 4.53. The van der Waals surface area contributed by atoms with Crippen LogP contribution in [0.3, 0.4) is 0 Å². The highest BCUT2D eigenvalue weighted by Crippen LogP contribution is 2.25. The Labute approximate surface area is 200 Å².